The molecule has 0 aliphatic rings. The van der Waals surface area contributed by atoms with Crippen LogP contribution >= 0.6 is 0 Å². The number of rotatable bonds is 14. The minimum Gasteiger partial charge on any atom is -0.508 e. The summed E-state index contributed by atoms with van der Waals surface area (Å²) in [7, 11) is -15.8. The summed E-state index contributed by atoms with van der Waals surface area (Å²) in [5, 5.41) is 18.3. The van der Waals surface area contributed by atoms with Crippen molar-refractivity contribution in [2.75, 3.05) is 0 Å². The van der Waals surface area contributed by atoms with Gasteiger partial charge >= 0.3 is 24.7 Å². The summed E-state index contributed by atoms with van der Waals surface area (Å²) in [5.74, 6) is -42.2. The van der Waals surface area contributed by atoms with Gasteiger partial charge in [0, 0.05) is 0 Å². The summed E-state index contributed by atoms with van der Waals surface area (Å²) in [6.45, 7) is 22.8. The molecule has 0 bridgehead atoms. The molecule has 0 amide bonds. The largest absolute Gasteiger partial charge is 0.508 e. The Hall–Kier alpha value is -10.6. The fourth-order valence-corrected chi connectivity index (χ4v) is 19.5. The lowest BCUT2D eigenvalue weighted by molar-refractivity contribution is -0.290. The summed E-state index contributed by atoms with van der Waals surface area (Å²) in [6.07, 6.45) is -23.6. The Bertz CT molecular complexity index is 5580. The van der Waals surface area contributed by atoms with E-state index in [1.807, 2.05) is 20.8 Å². The molecule has 10 aromatic rings. The van der Waals surface area contributed by atoms with Crippen LogP contribution in [0.25, 0.3) is 0 Å². The van der Waals surface area contributed by atoms with Crippen molar-refractivity contribution in [3.8, 4) is 34.5 Å². The average Bonchev–Trinajstić information content (AvgIpc) is 0.718. The lowest BCUT2D eigenvalue weighted by Gasteiger charge is -2.38. The maximum atomic E-state index is 15.7. The summed E-state index contributed by atoms with van der Waals surface area (Å²) in [5.41, 5.74) is -7.25. The number of ether oxygens (including phenoxy) is 2. The van der Waals surface area contributed by atoms with Gasteiger partial charge < -0.3 is 19.7 Å². The normalized spacial score (nSPS) is 12.6. The smallest absolute Gasteiger partial charge is 0.411 e. The zero-order valence-corrected chi connectivity index (χ0v) is 65.9. The van der Waals surface area contributed by atoms with E-state index in [2.05, 4.69) is 0 Å². The Morgan fingerprint density at radius 3 is 0.613 bits per heavy atom. The first-order valence-electron chi connectivity index (χ1n) is 33.7. The lowest BCUT2D eigenvalue weighted by atomic mass is 9.73. The van der Waals surface area contributed by atoms with E-state index in [1.54, 1.807) is 62.3 Å². The second-order valence-electron chi connectivity index (χ2n) is 27.1. The maximum Gasteiger partial charge on any atom is 0.411 e. The Morgan fingerprint density at radius 1 is 0.218 bits per heavy atom. The minimum atomic E-state index is -6.38. The molecule has 0 atom stereocenters. The Labute approximate surface area is 660 Å². The SMILES string of the molecule is Cc1c(C)c(C)c(S(=O)(=O)c2c(C)c(C)c(Oc3ccc(C(c4ccc(Oc5c(F)c(F)c(S(=O)(=O)c6c(C)c(C)c(C)c(C)c6C)c(F)c5F)cc4)(C(F)(F)F)C(F)(F)F)cc3)c(C)c2C)c(C)c1C.O=S(=O)(c1c(F)c(F)c(F)c(F)c1F)c1c(F)c(F)c(F)c(F)c1F.Oc1ccc(C(c2ccc(O)cc2)(C(F)(F)F)C(F)(F)F)cc1. The molecule has 0 saturated carbocycles. The van der Waals surface area contributed by atoms with Crippen LogP contribution in [0, 0.1) is 178 Å². The molecule has 10 nitrogen and oxygen atoms in total. The zero-order chi connectivity index (χ0) is 90.6. The van der Waals surface area contributed by atoms with E-state index < -0.39 is 211 Å². The van der Waals surface area contributed by atoms with E-state index >= 15 is 43.9 Å². The Kier molecular flexibility index (Phi) is 25.7. The predicted octanol–water partition coefficient (Wildman–Crippen LogP) is 23.6. The van der Waals surface area contributed by atoms with Gasteiger partial charge in [-0.05, 0) is 246 Å². The van der Waals surface area contributed by atoms with Crippen LogP contribution in [0.5, 0.6) is 34.5 Å². The van der Waals surface area contributed by atoms with E-state index in [-0.39, 0.29) is 32.4 Å². The molecular weight excluding hydrogens is 1710 g/mol. The lowest BCUT2D eigenvalue weighted by Crippen LogP contribution is -2.54. The molecule has 0 saturated heterocycles. The van der Waals surface area contributed by atoms with Crippen molar-refractivity contribution in [2.24, 2.45) is 0 Å². The first-order chi connectivity index (χ1) is 54.4. The highest BCUT2D eigenvalue weighted by Gasteiger charge is 2.74. The van der Waals surface area contributed by atoms with Gasteiger partial charge in [-0.2, -0.15) is 61.5 Å². The van der Waals surface area contributed by atoms with Gasteiger partial charge in [0.1, 0.15) is 43.4 Å². The van der Waals surface area contributed by atoms with Crippen molar-refractivity contribution in [1.82, 2.24) is 0 Å². The number of sulfone groups is 3. The van der Waals surface area contributed by atoms with E-state index in [4.69, 9.17) is 19.7 Å². The molecule has 0 spiro atoms. The highest BCUT2D eigenvalue weighted by Crippen LogP contribution is 2.59. The maximum absolute atomic E-state index is 15.7. The average molecular weight is 1770 g/mol. The molecule has 119 heavy (non-hydrogen) atoms. The topological polar surface area (TPSA) is 161 Å². The van der Waals surface area contributed by atoms with Gasteiger partial charge in [0.25, 0.3) is 0 Å². The zero-order valence-electron chi connectivity index (χ0n) is 63.4. The molecule has 10 rings (SSSR count). The van der Waals surface area contributed by atoms with Gasteiger partial charge in [0.05, 0.1) is 14.7 Å². The summed E-state index contributed by atoms with van der Waals surface area (Å²) in [6, 6.07) is 9.64. The van der Waals surface area contributed by atoms with E-state index in [0.717, 1.165) is 53.1 Å². The highest BCUT2D eigenvalue weighted by atomic mass is 32.2. The molecule has 0 unspecified atom stereocenters. The molecule has 39 heteroatoms. The number of hydrogen-bond acceptors (Lipinski definition) is 10. The van der Waals surface area contributed by atoms with E-state index in [9.17, 15) is 95.5 Å². The van der Waals surface area contributed by atoms with Crippen LogP contribution < -0.4 is 9.47 Å². The van der Waals surface area contributed by atoms with Crippen LogP contribution in [0.15, 0.2) is 126 Å². The Morgan fingerprint density at radius 2 is 0.387 bits per heavy atom. The van der Waals surface area contributed by atoms with E-state index in [1.165, 1.54) is 13.8 Å². The van der Waals surface area contributed by atoms with Crippen LogP contribution in [0.2, 0.25) is 0 Å². The van der Waals surface area contributed by atoms with Crippen molar-refractivity contribution >= 4 is 29.5 Å². The van der Waals surface area contributed by atoms with Crippen molar-refractivity contribution < 1.29 is 159 Å². The second kappa shape index (κ2) is 32.5. The monoisotopic (exact) mass is 1770 g/mol. The van der Waals surface area contributed by atoms with Gasteiger partial charge in [0.2, 0.25) is 69.4 Å². The first-order valence-corrected chi connectivity index (χ1v) is 38.1. The molecule has 0 aromatic heterocycles. The fourth-order valence-electron chi connectivity index (χ4n) is 13.6. The third kappa shape index (κ3) is 15.5. The highest BCUT2D eigenvalue weighted by molar-refractivity contribution is 7.92. The van der Waals surface area contributed by atoms with Crippen LogP contribution in [0.4, 0.5) is 114 Å². The van der Waals surface area contributed by atoms with Crippen LogP contribution in [0.1, 0.15) is 100 Å². The van der Waals surface area contributed by atoms with Gasteiger partial charge in [-0.25, -0.2) is 77.9 Å². The second-order valence-corrected chi connectivity index (χ2v) is 32.6. The number of alkyl halides is 12. The summed E-state index contributed by atoms with van der Waals surface area (Å²) >= 11 is 0. The van der Waals surface area contributed by atoms with Crippen LogP contribution in [-0.4, -0.2) is 60.2 Å². The van der Waals surface area contributed by atoms with Crippen molar-refractivity contribution in [3.63, 3.8) is 0 Å². The number of benzene rings is 10. The van der Waals surface area contributed by atoms with Crippen molar-refractivity contribution in [3.05, 3.63) is 279 Å². The molecule has 0 aliphatic carbocycles. The predicted molar refractivity (Wildman–Crippen MR) is 376 cm³/mol. The minimum absolute atomic E-state index is 0.0349. The number of phenols is 2. The van der Waals surface area contributed by atoms with Crippen molar-refractivity contribution in [2.45, 2.75) is 162 Å². The number of aromatic hydroxyl groups is 2. The van der Waals surface area contributed by atoms with Gasteiger partial charge in [0.15, 0.2) is 58.2 Å². The first kappa shape index (κ1) is 93.9. The molecule has 0 aliphatic heterocycles. The van der Waals surface area contributed by atoms with E-state index in [0.29, 0.717) is 111 Å². The molecule has 0 fully saturated rings. The molecule has 640 valence electrons. The van der Waals surface area contributed by atoms with Crippen LogP contribution in [0.3, 0.4) is 0 Å². The third-order valence-electron chi connectivity index (χ3n) is 20.8. The number of hydrogen-bond donors (Lipinski definition) is 2. The number of halogens is 26. The standard InChI is InChI=1S/C53H50F10O6S2.C15H10F6O2.C12F10O2S/c1-23-25(3)31(9)47(32(10)26(23)4)70(64,65)49-35(13)29(7)45(30(8)36(49)14)68-39-19-15-37(16-20-39)51(52(58,59)60,53(61,62)63)38-17-21-40(22-18-38)69-46-41(54)43(56)50(44(57)42(46)55)71(66,67)48-33(11)27(5)24(2)28(6)34(48)12;16-14(17,18)13(15(19,20)21,9-1-5-11(22)6-2-9)10-3-7-12(23)8-4-10;13-1-3(15)7(19)11(8(20)4(1)16)25(23,24)12-9(21)5(17)2(14)6(18)10(12)22/h15-22H,1-14H3;1-8,22-23H;. The summed E-state index contributed by atoms with van der Waals surface area (Å²) in [4.78, 5) is -7.92. The molecule has 10 aromatic carbocycles. The Balaban J connectivity index is 0.000000295. The van der Waals surface area contributed by atoms with Gasteiger partial charge in [-0.15, -0.1) is 0 Å². The molecular formula is C80H60F26O10S3. The summed E-state index contributed by atoms with van der Waals surface area (Å²) < 4.78 is 459. The molecule has 0 heterocycles. The van der Waals surface area contributed by atoms with Crippen LogP contribution in [-0.2, 0) is 40.3 Å². The number of phenolic OH excluding ortho intramolecular Hbond substituents is 2. The van der Waals surface area contributed by atoms with Crippen molar-refractivity contribution in [1.29, 1.82) is 0 Å². The van der Waals surface area contributed by atoms with Gasteiger partial charge in [-0.1, -0.05) is 48.5 Å². The quantitative estimate of drug-likeness (QED) is 0.0464. The third-order valence-corrected chi connectivity index (χ3v) is 26.9. The van der Waals surface area contributed by atoms with Gasteiger partial charge in [-0.3, -0.25) is 0 Å². The fraction of sp³-hybridized carbons (Fsp3) is 0.250. The molecule has 2 N–H and O–H groups in total. The molecule has 0 radical (unpaired) electrons.